The molecule has 0 saturated heterocycles. The molecule has 0 spiro atoms. The summed E-state index contributed by atoms with van der Waals surface area (Å²) < 4.78 is 33.8. The van der Waals surface area contributed by atoms with Crippen molar-refractivity contribution >= 4 is 19.8 Å². The molecule has 0 radical (unpaired) electrons. The molecular formula is C52H82NO8P. The van der Waals surface area contributed by atoms with Gasteiger partial charge in [-0.05, 0) is 96.3 Å². The van der Waals surface area contributed by atoms with Crippen LogP contribution in [-0.2, 0) is 32.7 Å². The number of hydrogen-bond donors (Lipinski definition) is 0. The van der Waals surface area contributed by atoms with E-state index in [-0.39, 0.29) is 26.1 Å². The first-order chi connectivity index (χ1) is 30.0. The number of allylic oxidation sites excluding steroid dienone is 22. The maximum absolute atomic E-state index is 12.7. The van der Waals surface area contributed by atoms with Gasteiger partial charge in [0.2, 0.25) is 0 Å². The predicted octanol–water partition coefficient (Wildman–Crippen LogP) is 12.8. The number of carbonyl (C=O) groups excluding carboxylic acids is 2. The number of hydrogen-bond acceptors (Lipinski definition) is 8. The number of esters is 2. The SMILES string of the molecule is CC/C=C\C/C=C\C/C=C\C/C=C\C/C=C\C/C=C\CCC(=O)O[C@H](COC(=O)CCCCC/C=C\C/C=C\C/C=C\C/C=C\C/C=C\CC)COP(=O)([O-])OCC[N+](C)(C)C. The molecule has 0 N–H and O–H groups in total. The summed E-state index contributed by atoms with van der Waals surface area (Å²) in [6, 6.07) is 0. The smallest absolute Gasteiger partial charge is 0.306 e. The Morgan fingerprint density at radius 1 is 0.500 bits per heavy atom. The molecule has 0 rings (SSSR count). The number of phosphoric ester groups is 1. The lowest BCUT2D eigenvalue weighted by molar-refractivity contribution is -0.870. The third-order valence-corrected chi connectivity index (χ3v) is 9.64. The van der Waals surface area contributed by atoms with Crippen molar-refractivity contribution in [3.05, 3.63) is 134 Å². The number of likely N-dealkylation sites (N-methyl/N-ethyl adjacent to an activating group) is 1. The quantitative estimate of drug-likeness (QED) is 0.0197. The summed E-state index contributed by atoms with van der Waals surface area (Å²) in [5.41, 5.74) is 0. The van der Waals surface area contributed by atoms with E-state index in [1.807, 2.05) is 33.3 Å². The molecule has 0 aliphatic heterocycles. The Hall–Kier alpha value is -3.85. The molecule has 1 unspecified atom stereocenters. The molecule has 348 valence electrons. The minimum atomic E-state index is -4.67. The second-order valence-electron chi connectivity index (χ2n) is 15.6. The second-order valence-corrected chi connectivity index (χ2v) is 17.1. The van der Waals surface area contributed by atoms with E-state index in [1.165, 1.54) is 0 Å². The highest BCUT2D eigenvalue weighted by atomic mass is 31.2. The average Bonchev–Trinajstić information content (AvgIpc) is 3.23. The number of rotatable bonds is 39. The highest BCUT2D eigenvalue weighted by molar-refractivity contribution is 7.45. The first kappa shape index (κ1) is 58.1. The summed E-state index contributed by atoms with van der Waals surface area (Å²) in [5.74, 6) is -0.987. The number of ether oxygens (including phenoxy) is 2. The van der Waals surface area contributed by atoms with Crippen LogP contribution in [0.1, 0.15) is 129 Å². The zero-order valence-corrected chi connectivity index (χ0v) is 39.9. The fourth-order valence-corrected chi connectivity index (χ4v) is 5.90. The van der Waals surface area contributed by atoms with E-state index in [4.69, 9.17) is 18.5 Å². The number of phosphoric acid groups is 1. The topological polar surface area (TPSA) is 111 Å². The van der Waals surface area contributed by atoms with Crippen LogP contribution in [0.4, 0.5) is 0 Å². The van der Waals surface area contributed by atoms with Crippen molar-refractivity contribution in [3.63, 3.8) is 0 Å². The van der Waals surface area contributed by atoms with Crippen LogP contribution in [0.5, 0.6) is 0 Å². The van der Waals surface area contributed by atoms with Crippen molar-refractivity contribution < 1.29 is 42.1 Å². The van der Waals surface area contributed by atoms with Crippen molar-refractivity contribution in [2.24, 2.45) is 0 Å². The average molecular weight is 880 g/mol. The van der Waals surface area contributed by atoms with Gasteiger partial charge in [0, 0.05) is 12.8 Å². The van der Waals surface area contributed by atoms with Gasteiger partial charge in [-0.3, -0.25) is 14.2 Å². The van der Waals surface area contributed by atoms with Crippen molar-refractivity contribution in [1.29, 1.82) is 0 Å². The third-order valence-electron chi connectivity index (χ3n) is 8.68. The minimum absolute atomic E-state index is 0.0588. The molecule has 0 saturated carbocycles. The van der Waals surface area contributed by atoms with Crippen LogP contribution in [0.2, 0.25) is 0 Å². The van der Waals surface area contributed by atoms with E-state index in [9.17, 15) is 19.0 Å². The monoisotopic (exact) mass is 880 g/mol. The van der Waals surface area contributed by atoms with Gasteiger partial charge in [-0.15, -0.1) is 0 Å². The standard InChI is InChI=1S/C52H82NO8P/c1-6-8-10-12-14-16-18-20-22-24-26-28-30-32-34-36-38-40-42-44-51(54)58-48-50(49-60-62(56,57)59-47-46-53(3,4)5)61-52(55)45-43-41-39-37-35-33-31-29-27-25-23-21-19-17-15-13-11-9-7-2/h8-11,14-17,20-23,26-29,32-35,39,41,50H,6-7,12-13,18-19,24-25,30-31,36-38,40,42-49H2,1-5H3/b10-8-,11-9-,16-14-,17-15-,22-20-,23-21-,28-26-,29-27-,34-32-,35-33-,41-39-/t50-/m1/s1. The van der Waals surface area contributed by atoms with E-state index in [1.54, 1.807) is 0 Å². The van der Waals surface area contributed by atoms with Gasteiger partial charge < -0.3 is 27.9 Å². The second kappa shape index (κ2) is 42.5. The fourth-order valence-electron chi connectivity index (χ4n) is 5.17. The van der Waals surface area contributed by atoms with E-state index >= 15 is 0 Å². The van der Waals surface area contributed by atoms with Crippen LogP contribution < -0.4 is 4.89 Å². The Balaban J connectivity index is 4.56. The summed E-state index contributed by atoms with van der Waals surface area (Å²) in [7, 11) is 1.07. The zero-order valence-electron chi connectivity index (χ0n) is 39.0. The van der Waals surface area contributed by atoms with E-state index in [2.05, 4.69) is 135 Å². The van der Waals surface area contributed by atoms with Gasteiger partial charge in [0.1, 0.15) is 19.8 Å². The summed E-state index contributed by atoms with van der Waals surface area (Å²) in [4.78, 5) is 37.6. The minimum Gasteiger partial charge on any atom is -0.756 e. The molecule has 0 aromatic carbocycles. The Morgan fingerprint density at radius 3 is 1.32 bits per heavy atom. The molecule has 0 aromatic heterocycles. The van der Waals surface area contributed by atoms with Crippen molar-refractivity contribution in [3.8, 4) is 0 Å². The Bertz CT molecular complexity index is 1510. The molecule has 0 bridgehead atoms. The summed E-state index contributed by atoms with van der Waals surface area (Å²) >= 11 is 0. The van der Waals surface area contributed by atoms with Crippen LogP contribution in [0.3, 0.4) is 0 Å². The molecular weight excluding hydrogens is 798 g/mol. The lowest BCUT2D eigenvalue weighted by Crippen LogP contribution is -2.37. The highest BCUT2D eigenvalue weighted by Gasteiger charge is 2.21. The van der Waals surface area contributed by atoms with Gasteiger partial charge in [0.15, 0.2) is 6.10 Å². The Labute approximate surface area is 377 Å². The number of unbranched alkanes of at least 4 members (excludes halogenated alkanes) is 3. The third kappa shape index (κ3) is 45.7. The van der Waals surface area contributed by atoms with Crippen molar-refractivity contribution in [2.75, 3.05) is 47.5 Å². The molecule has 0 aliphatic rings. The Morgan fingerprint density at radius 2 is 0.903 bits per heavy atom. The summed E-state index contributed by atoms with van der Waals surface area (Å²) in [6.07, 6.45) is 60.7. The fraction of sp³-hybridized carbons (Fsp3) is 0.538. The van der Waals surface area contributed by atoms with Crippen LogP contribution in [0.15, 0.2) is 134 Å². The lowest BCUT2D eigenvalue weighted by atomic mass is 10.1. The van der Waals surface area contributed by atoms with Crippen molar-refractivity contribution in [2.45, 2.75) is 136 Å². The molecule has 0 heterocycles. The number of carbonyl (C=O) groups is 2. The highest BCUT2D eigenvalue weighted by Crippen LogP contribution is 2.38. The molecule has 0 amide bonds. The van der Waals surface area contributed by atoms with Gasteiger partial charge in [-0.25, -0.2) is 0 Å². The molecule has 0 fully saturated rings. The predicted molar refractivity (Wildman–Crippen MR) is 258 cm³/mol. The van der Waals surface area contributed by atoms with Crippen molar-refractivity contribution in [1.82, 2.24) is 0 Å². The van der Waals surface area contributed by atoms with Crippen LogP contribution in [0, 0.1) is 0 Å². The van der Waals surface area contributed by atoms with Crippen LogP contribution >= 0.6 is 7.82 Å². The van der Waals surface area contributed by atoms with E-state index in [0.29, 0.717) is 23.9 Å². The Kier molecular flexibility index (Phi) is 39.8. The van der Waals surface area contributed by atoms with E-state index < -0.39 is 32.5 Å². The molecule has 10 heteroatoms. The van der Waals surface area contributed by atoms with Gasteiger partial charge >= 0.3 is 11.9 Å². The van der Waals surface area contributed by atoms with Gasteiger partial charge in [-0.2, -0.15) is 0 Å². The van der Waals surface area contributed by atoms with Gasteiger partial charge in [0.25, 0.3) is 7.82 Å². The first-order valence-corrected chi connectivity index (χ1v) is 24.4. The molecule has 0 aliphatic carbocycles. The zero-order chi connectivity index (χ0) is 45.7. The molecule has 2 atom stereocenters. The number of nitrogens with zero attached hydrogens (tertiary/aromatic N) is 1. The molecule has 0 aromatic rings. The largest absolute Gasteiger partial charge is 0.756 e. The maximum Gasteiger partial charge on any atom is 0.306 e. The van der Waals surface area contributed by atoms with E-state index in [0.717, 1.165) is 89.9 Å². The number of quaternary nitrogens is 1. The maximum atomic E-state index is 12.7. The lowest BCUT2D eigenvalue weighted by Gasteiger charge is -2.28. The van der Waals surface area contributed by atoms with Gasteiger partial charge in [-0.1, -0.05) is 154 Å². The van der Waals surface area contributed by atoms with Crippen LogP contribution in [-0.4, -0.2) is 70.0 Å². The normalized spacial score (nSPS) is 14.7. The summed E-state index contributed by atoms with van der Waals surface area (Å²) in [5, 5.41) is 0. The molecule has 62 heavy (non-hydrogen) atoms. The first-order valence-electron chi connectivity index (χ1n) is 22.9. The van der Waals surface area contributed by atoms with Gasteiger partial charge in [0.05, 0.1) is 27.7 Å². The van der Waals surface area contributed by atoms with Crippen LogP contribution in [0.25, 0.3) is 0 Å². The summed E-state index contributed by atoms with van der Waals surface area (Å²) in [6.45, 7) is 3.83. The molecule has 9 nitrogen and oxygen atoms in total.